The molecule has 0 saturated carbocycles. The van der Waals surface area contributed by atoms with Crippen LogP contribution in [0.25, 0.3) is 0 Å². The lowest BCUT2D eigenvalue weighted by atomic mass is 9.81. The predicted molar refractivity (Wildman–Crippen MR) is 451 cm³/mol. The minimum atomic E-state index is -4.15. The Kier molecular flexibility index (Phi) is 35.4. The summed E-state index contributed by atoms with van der Waals surface area (Å²) < 4.78 is 75.1. The van der Waals surface area contributed by atoms with Crippen molar-refractivity contribution in [1.82, 2.24) is 21.3 Å². The van der Waals surface area contributed by atoms with Crippen molar-refractivity contribution in [3.05, 3.63) is 208 Å². The number of anilines is 1. The Balaban J connectivity index is 0.870. The number of Topliss-reactive ketones (excluding diaryl/α,β-unsaturated/α-hetero) is 3. The normalized spacial score (nSPS) is 16.3. The zero-order chi connectivity index (χ0) is 86.5. The van der Waals surface area contributed by atoms with E-state index in [4.69, 9.17) is 9.84 Å². The number of nitrogens with one attached hydrogen (secondary N) is 4. The van der Waals surface area contributed by atoms with Crippen molar-refractivity contribution in [3.63, 3.8) is 0 Å². The van der Waals surface area contributed by atoms with Gasteiger partial charge >= 0.3 is 29.9 Å². The highest BCUT2D eigenvalue weighted by Gasteiger charge is 2.45. The smallest absolute Gasteiger partial charge is 0.326 e. The number of aliphatic carboxylic acids is 4. The molecule has 0 bridgehead atoms. The van der Waals surface area contributed by atoms with E-state index in [2.05, 4.69) is 94.9 Å². The fraction of sp³-hybridized carbons (Fsp3) is 0.456. The second kappa shape index (κ2) is 44.9. The highest BCUT2D eigenvalue weighted by Crippen LogP contribution is 2.48. The van der Waals surface area contributed by atoms with Crippen LogP contribution in [0.15, 0.2) is 180 Å². The van der Waals surface area contributed by atoms with Gasteiger partial charge in [0.05, 0.1) is 28.9 Å². The number of unbranched alkanes of at least 4 members (excludes halogenated alkanes) is 7. The molecule has 3 aliphatic rings. The Labute approximate surface area is 696 Å². The number of para-hydroxylation sites is 2. The number of carbonyl (C=O) groups excluding carboxylic acids is 6. The van der Waals surface area contributed by atoms with Crippen LogP contribution >= 0.6 is 0 Å². The zero-order valence-electron chi connectivity index (χ0n) is 68.1. The van der Waals surface area contributed by atoms with E-state index in [-0.39, 0.29) is 81.6 Å². The van der Waals surface area contributed by atoms with Crippen LogP contribution in [-0.2, 0) is 93.5 Å². The van der Waals surface area contributed by atoms with Gasteiger partial charge in [0.1, 0.15) is 41.7 Å². The first-order valence-electron chi connectivity index (χ1n) is 40.9. The Bertz CT molecular complexity index is 4820. The van der Waals surface area contributed by atoms with Gasteiger partial charge in [-0.1, -0.05) is 155 Å². The van der Waals surface area contributed by atoms with Crippen molar-refractivity contribution in [1.29, 1.82) is 0 Å². The van der Waals surface area contributed by atoms with Crippen molar-refractivity contribution in [2.45, 2.75) is 217 Å². The van der Waals surface area contributed by atoms with Crippen LogP contribution in [0, 0.1) is 11.8 Å². The Morgan fingerprint density at radius 2 is 1.09 bits per heavy atom. The lowest BCUT2D eigenvalue weighted by molar-refractivity contribution is -0.438. The molecule has 29 heteroatoms. The lowest BCUT2D eigenvalue weighted by Gasteiger charge is -2.27. The molecule has 27 nitrogen and oxygen atoms in total. The molecular weight excluding hydrogens is 1570 g/mol. The first kappa shape index (κ1) is 93.7. The summed E-state index contributed by atoms with van der Waals surface area (Å²) >= 11 is 0. The van der Waals surface area contributed by atoms with Crippen LogP contribution in [0.4, 0.5) is 16.2 Å². The highest BCUT2D eigenvalue weighted by molar-refractivity contribution is 7.86. The molecule has 10 N–H and O–H groups in total. The van der Waals surface area contributed by atoms with E-state index in [0.717, 1.165) is 57.0 Å². The number of carboxylic acid groups (broad SMARTS) is 4. The van der Waals surface area contributed by atoms with E-state index < -0.39 is 146 Å². The van der Waals surface area contributed by atoms with Crippen LogP contribution in [0.3, 0.4) is 0 Å². The minimum Gasteiger partial charge on any atom is -0.481 e. The number of rotatable bonds is 51. The summed E-state index contributed by atoms with van der Waals surface area (Å²) in [7, 11) is -8.29. The van der Waals surface area contributed by atoms with E-state index in [0.29, 0.717) is 99.9 Å². The third kappa shape index (κ3) is 29.6. The van der Waals surface area contributed by atoms with Gasteiger partial charge < -0.3 is 51.3 Å². The van der Waals surface area contributed by atoms with Gasteiger partial charge in [0.15, 0.2) is 11.5 Å². The van der Waals surface area contributed by atoms with E-state index in [9.17, 15) is 89.2 Å². The standard InChI is InChI=1S/C90H112N6O21S2/c1-89(2)71-33-17-19-35-76(71)95(51-21-23-53-118(111,112)113)79(89)48-42-64-31-25-32-65(43-49-80-90(3,4)72-34-18-20-36-77(72)96(80)52-22-24-54-119(114,115)116)83(64)117-70-45-40-63(41-46-70)57-75(87(108)109)92-81(100)38-16-8-6-5-7-15-37-78(99)74(56-62-29-13-10-14-30-62)93-84(103)66(55-61-27-11-9-12-28-61)58-69(98)60-67(85(104)105)59-68(97)44-47-73(86(106)107)94-88(110)91-50-26-39-82(101)102/h9-14,17-20,27-30,33-36,40-43,45-46,48-49,66-67,73-75H,5-8,15-16,21-26,31-32,37-39,44,47,50-60H2,1-4H3,(H9-,91,92,93,94,100,101,102,103,104,105,106,107,108,109,110,111,112,113,114,115,116)/p+1/t66-,67+,73+,74+,75+/m1/s1. The Morgan fingerprint density at radius 3 is 1.73 bits per heavy atom. The number of carboxylic acids is 4. The summed E-state index contributed by atoms with van der Waals surface area (Å²) in [5, 5.41) is 49.2. The monoisotopic (exact) mass is 1680 g/mol. The molecule has 0 spiro atoms. The van der Waals surface area contributed by atoms with Crippen LogP contribution in [-0.4, -0.2) is 165 Å². The number of amides is 4. The molecule has 1 aliphatic carbocycles. The van der Waals surface area contributed by atoms with Gasteiger partial charge in [-0.15, -0.1) is 0 Å². The molecule has 0 saturated heterocycles. The Morgan fingerprint density at radius 1 is 0.521 bits per heavy atom. The maximum absolute atomic E-state index is 14.4. The van der Waals surface area contributed by atoms with Gasteiger partial charge in [-0.2, -0.15) is 21.4 Å². The minimum absolute atomic E-state index is 0.0250. The van der Waals surface area contributed by atoms with Crippen molar-refractivity contribution in [3.8, 4) is 5.75 Å². The van der Waals surface area contributed by atoms with Crippen LogP contribution in [0.1, 0.15) is 197 Å². The second-order valence-electron chi connectivity index (χ2n) is 31.9. The molecule has 8 rings (SSSR count). The maximum Gasteiger partial charge on any atom is 0.326 e. The fourth-order valence-corrected chi connectivity index (χ4v) is 16.7. The van der Waals surface area contributed by atoms with Gasteiger partial charge in [0.25, 0.3) is 20.2 Å². The van der Waals surface area contributed by atoms with Crippen molar-refractivity contribution in [2.75, 3.05) is 36.0 Å². The molecule has 5 atom stereocenters. The molecule has 0 unspecified atom stereocenters. The molecule has 0 aromatic heterocycles. The number of urea groups is 1. The molecule has 5 aromatic carbocycles. The van der Waals surface area contributed by atoms with E-state index in [1.807, 2.05) is 54.6 Å². The molecule has 0 radical (unpaired) electrons. The summed E-state index contributed by atoms with van der Waals surface area (Å²) in [5.74, 6) is -10.0. The van der Waals surface area contributed by atoms with Crippen molar-refractivity contribution >= 4 is 96.4 Å². The summed E-state index contributed by atoms with van der Waals surface area (Å²) in [6.45, 7) is 9.54. The summed E-state index contributed by atoms with van der Waals surface area (Å²) in [6, 6.07) is 36.5. The number of benzene rings is 5. The average molecular weight is 1680 g/mol. The summed E-state index contributed by atoms with van der Waals surface area (Å²) in [5.41, 5.74) is 9.19. The van der Waals surface area contributed by atoms with Gasteiger partial charge in [0.2, 0.25) is 17.5 Å². The molecular formula is C90H113N6O21S2+. The molecule has 0 fully saturated rings. The number of ether oxygens (including phenoxy) is 1. The second-order valence-corrected chi connectivity index (χ2v) is 35.1. The van der Waals surface area contributed by atoms with E-state index >= 15 is 0 Å². The van der Waals surface area contributed by atoms with Crippen molar-refractivity contribution < 1.29 is 104 Å². The molecule has 2 heterocycles. The third-order valence-electron chi connectivity index (χ3n) is 21.9. The fourth-order valence-electron chi connectivity index (χ4n) is 15.6. The maximum atomic E-state index is 14.4. The highest BCUT2D eigenvalue weighted by atomic mass is 32.2. The number of hydrogen-bond donors (Lipinski definition) is 10. The number of carbonyl (C=O) groups is 10. The topological polar surface area (TPSA) is 424 Å². The molecule has 5 aromatic rings. The quantitative estimate of drug-likeness (QED) is 0.00982. The lowest BCUT2D eigenvalue weighted by Crippen LogP contribution is -2.46. The summed E-state index contributed by atoms with van der Waals surface area (Å²) in [6.07, 6.45) is 13.3. The number of ketones is 3. The van der Waals surface area contributed by atoms with E-state index in [1.54, 1.807) is 66.7 Å². The SMILES string of the molecule is CC1(C)C(=CC=C2CCCC(C=CC3=[N+](CCCCS(=O)(=O)O)c4ccccc4C3(C)C)=C2Oc2ccc(C[C@H](NC(=O)CCCCCCCCC(=O)[C@H](Cc3ccccc3)NC(=O)[C@@H](CC(=O)C[C@H](CC(=O)CC[C@H](NC(=O)NCCCC(=O)O)C(=O)O)C(=O)O)Cc3ccccc3)C(=O)O)cc2)N(CCCCS(=O)(=O)O)c2ccccc21. The molecule has 119 heavy (non-hydrogen) atoms. The first-order chi connectivity index (χ1) is 56.6. The number of fused-ring (bicyclic) bond motifs is 2. The number of hydrogen-bond acceptors (Lipinski definition) is 16. The zero-order valence-corrected chi connectivity index (χ0v) is 69.8. The largest absolute Gasteiger partial charge is 0.481 e. The van der Waals surface area contributed by atoms with Crippen LogP contribution in [0.5, 0.6) is 5.75 Å². The predicted octanol–water partition coefficient (Wildman–Crippen LogP) is 12.9. The molecule has 4 amide bonds. The number of allylic oxidation sites excluding steroid dienone is 7. The van der Waals surface area contributed by atoms with Gasteiger partial charge in [0, 0.05) is 111 Å². The van der Waals surface area contributed by atoms with Crippen LogP contribution in [0.2, 0.25) is 0 Å². The van der Waals surface area contributed by atoms with Gasteiger partial charge in [-0.25, -0.2) is 14.4 Å². The average Bonchev–Trinajstić information content (AvgIpc) is 1.60. The van der Waals surface area contributed by atoms with Crippen molar-refractivity contribution in [2.24, 2.45) is 11.8 Å². The summed E-state index contributed by atoms with van der Waals surface area (Å²) in [4.78, 5) is 131. The first-order valence-corrected chi connectivity index (χ1v) is 44.1. The molecule has 2 aliphatic heterocycles. The van der Waals surface area contributed by atoms with Crippen LogP contribution < -0.4 is 30.9 Å². The molecule has 640 valence electrons. The Hall–Kier alpha value is -10.8. The number of nitrogens with zero attached hydrogens (tertiary/aromatic N) is 2. The third-order valence-corrected chi connectivity index (χ3v) is 23.6. The van der Waals surface area contributed by atoms with Gasteiger partial charge in [-0.3, -0.25) is 42.7 Å². The van der Waals surface area contributed by atoms with Gasteiger partial charge in [-0.05, 0) is 155 Å². The van der Waals surface area contributed by atoms with E-state index in [1.165, 1.54) is 0 Å².